The van der Waals surface area contributed by atoms with Crippen LogP contribution < -0.4 is 0 Å². The van der Waals surface area contributed by atoms with E-state index in [1.807, 2.05) is 24.3 Å². The summed E-state index contributed by atoms with van der Waals surface area (Å²) in [5.74, 6) is 4.33. The highest BCUT2D eigenvalue weighted by Crippen LogP contribution is 2.44. The van der Waals surface area contributed by atoms with Gasteiger partial charge in [-0.05, 0) is 151 Å². The lowest BCUT2D eigenvalue weighted by molar-refractivity contribution is 0.290. The van der Waals surface area contributed by atoms with Gasteiger partial charge in [0.2, 0.25) is 0 Å². The van der Waals surface area contributed by atoms with E-state index in [0.29, 0.717) is 35.2 Å². The standard InChI is InChI=1S/C41H48O2/c1-28(32-9-5-3-6-10-32)34-13-17-36(18-14-34)38-22-30(24-40(42)26-38)21-31-23-39(27-41(43)25-31)37-19-15-35(16-20-37)29(2)33-11-7-4-8-12-33/h3-12,22-29,34-37,42-43H,13-21H2,1-2H3. The minimum Gasteiger partial charge on any atom is -0.508 e. The highest BCUT2D eigenvalue weighted by atomic mass is 16.3. The maximum atomic E-state index is 10.7. The van der Waals surface area contributed by atoms with E-state index in [1.165, 1.54) is 73.6 Å². The molecule has 2 N–H and O–H groups in total. The Morgan fingerprint density at radius 3 is 1.26 bits per heavy atom. The summed E-state index contributed by atoms with van der Waals surface area (Å²) < 4.78 is 0. The zero-order valence-electron chi connectivity index (χ0n) is 26.0. The number of hydrogen-bond donors (Lipinski definition) is 2. The van der Waals surface area contributed by atoms with Crippen molar-refractivity contribution < 1.29 is 10.2 Å². The fraction of sp³-hybridized carbons (Fsp3) is 0.415. The van der Waals surface area contributed by atoms with Gasteiger partial charge in [0.1, 0.15) is 11.5 Å². The molecule has 2 atom stereocenters. The zero-order chi connectivity index (χ0) is 29.8. The average molecular weight is 573 g/mol. The topological polar surface area (TPSA) is 40.5 Å². The number of phenols is 2. The van der Waals surface area contributed by atoms with E-state index < -0.39 is 0 Å². The van der Waals surface area contributed by atoms with Crippen molar-refractivity contribution in [1.29, 1.82) is 0 Å². The second-order valence-corrected chi connectivity index (χ2v) is 13.7. The average Bonchev–Trinajstić information content (AvgIpc) is 3.04. The summed E-state index contributed by atoms with van der Waals surface area (Å²) in [5, 5.41) is 21.4. The smallest absolute Gasteiger partial charge is 0.116 e. The lowest BCUT2D eigenvalue weighted by Gasteiger charge is -2.33. The molecule has 224 valence electrons. The normalized spacial score (nSPS) is 23.9. The van der Waals surface area contributed by atoms with Crippen LogP contribution in [0.25, 0.3) is 0 Å². The van der Waals surface area contributed by atoms with Crippen molar-refractivity contribution in [2.24, 2.45) is 11.8 Å². The zero-order valence-corrected chi connectivity index (χ0v) is 26.0. The molecule has 2 fully saturated rings. The Bertz CT molecular complexity index is 1350. The van der Waals surface area contributed by atoms with E-state index in [-0.39, 0.29) is 0 Å². The Balaban J connectivity index is 1.09. The van der Waals surface area contributed by atoms with Crippen molar-refractivity contribution in [2.45, 2.75) is 95.3 Å². The Morgan fingerprint density at radius 1 is 0.512 bits per heavy atom. The van der Waals surface area contributed by atoms with E-state index in [0.717, 1.165) is 29.4 Å². The number of benzene rings is 4. The van der Waals surface area contributed by atoms with Gasteiger partial charge in [-0.1, -0.05) is 86.6 Å². The molecule has 0 aromatic heterocycles. The van der Waals surface area contributed by atoms with Crippen molar-refractivity contribution >= 4 is 0 Å². The highest BCUT2D eigenvalue weighted by Gasteiger charge is 2.28. The van der Waals surface area contributed by atoms with Gasteiger partial charge in [-0.3, -0.25) is 0 Å². The Kier molecular flexibility index (Phi) is 9.22. The molecular formula is C41H48O2. The third-order valence-electron chi connectivity index (χ3n) is 11.0. The summed E-state index contributed by atoms with van der Waals surface area (Å²) in [7, 11) is 0. The number of rotatable bonds is 8. The predicted octanol–water partition coefficient (Wildman–Crippen LogP) is 10.8. The summed E-state index contributed by atoms with van der Waals surface area (Å²) in [6.45, 7) is 4.76. The molecule has 2 saturated carbocycles. The first-order chi connectivity index (χ1) is 20.9. The summed E-state index contributed by atoms with van der Waals surface area (Å²) in [5.41, 5.74) is 7.70. The van der Waals surface area contributed by atoms with Crippen LogP contribution in [0.15, 0.2) is 97.1 Å². The van der Waals surface area contributed by atoms with Crippen molar-refractivity contribution in [2.75, 3.05) is 0 Å². The Labute approximate surface area is 258 Å². The van der Waals surface area contributed by atoms with Crippen LogP contribution in [-0.4, -0.2) is 10.2 Å². The van der Waals surface area contributed by atoms with Crippen LogP contribution in [0.1, 0.15) is 122 Å². The molecule has 2 nitrogen and oxygen atoms in total. The SMILES string of the molecule is CC(c1ccccc1)C1CCC(c2cc(O)cc(Cc3cc(O)cc(C4CCC(C(C)c5ccccc5)CC4)c3)c2)CC1. The summed E-state index contributed by atoms with van der Waals surface area (Å²) in [4.78, 5) is 0. The molecule has 0 saturated heterocycles. The molecule has 0 radical (unpaired) electrons. The molecule has 0 bridgehead atoms. The highest BCUT2D eigenvalue weighted by molar-refractivity contribution is 5.42. The molecule has 0 amide bonds. The van der Waals surface area contributed by atoms with Crippen LogP contribution >= 0.6 is 0 Å². The fourth-order valence-corrected chi connectivity index (χ4v) is 8.27. The minimum absolute atomic E-state index is 0.360. The molecule has 2 aliphatic carbocycles. The summed E-state index contributed by atoms with van der Waals surface area (Å²) >= 11 is 0. The molecule has 0 aliphatic heterocycles. The van der Waals surface area contributed by atoms with Crippen LogP contribution in [0.4, 0.5) is 0 Å². The minimum atomic E-state index is 0.360. The monoisotopic (exact) mass is 572 g/mol. The van der Waals surface area contributed by atoms with Crippen LogP contribution in [0.2, 0.25) is 0 Å². The maximum Gasteiger partial charge on any atom is 0.116 e. The van der Waals surface area contributed by atoms with E-state index in [2.05, 4.69) is 86.6 Å². The summed E-state index contributed by atoms with van der Waals surface area (Å²) in [6, 6.07) is 34.3. The number of phenolic OH excluding ortho intramolecular Hbond substituents is 2. The van der Waals surface area contributed by atoms with Crippen molar-refractivity contribution in [3.63, 3.8) is 0 Å². The van der Waals surface area contributed by atoms with Gasteiger partial charge < -0.3 is 10.2 Å². The molecule has 2 aliphatic rings. The molecule has 43 heavy (non-hydrogen) atoms. The van der Waals surface area contributed by atoms with Gasteiger partial charge in [-0.25, -0.2) is 0 Å². The van der Waals surface area contributed by atoms with E-state index in [9.17, 15) is 10.2 Å². The first-order valence-electron chi connectivity index (χ1n) is 16.7. The van der Waals surface area contributed by atoms with Gasteiger partial charge in [-0.15, -0.1) is 0 Å². The first kappa shape index (κ1) is 29.5. The molecular weight excluding hydrogens is 524 g/mol. The van der Waals surface area contributed by atoms with Crippen LogP contribution in [-0.2, 0) is 6.42 Å². The Hall–Kier alpha value is -3.52. The largest absolute Gasteiger partial charge is 0.508 e. The molecule has 2 heteroatoms. The van der Waals surface area contributed by atoms with Gasteiger partial charge in [0.05, 0.1) is 0 Å². The molecule has 6 rings (SSSR count). The first-order valence-corrected chi connectivity index (χ1v) is 16.7. The molecule has 0 heterocycles. The van der Waals surface area contributed by atoms with E-state index in [4.69, 9.17) is 0 Å². The molecule has 4 aromatic carbocycles. The van der Waals surface area contributed by atoms with Crippen molar-refractivity contribution in [1.82, 2.24) is 0 Å². The van der Waals surface area contributed by atoms with Crippen molar-refractivity contribution in [3.05, 3.63) is 130 Å². The van der Waals surface area contributed by atoms with Gasteiger partial charge >= 0.3 is 0 Å². The van der Waals surface area contributed by atoms with Crippen molar-refractivity contribution in [3.8, 4) is 11.5 Å². The van der Waals surface area contributed by atoms with Gasteiger partial charge in [-0.2, -0.15) is 0 Å². The second-order valence-electron chi connectivity index (χ2n) is 13.7. The van der Waals surface area contributed by atoms with Crippen LogP contribution in [0.3, 0.4) is 0 Å². The van der Waals surface area contributed by atoms with Gasteiger partial charge in [0, 0.05) is 0 Å². The third kappa shape index (κ3) is 7.18. The quantitative estimate of drug-likeness (QED) is 0.220. The number of hydrogen-bond acceptors (Lipinski definition) is 2. The molecule has 0 spiro atoms. The maximum absolute atomic E-state index is 10.7. The van der Waals surface area contributed by atoms with Gasteiger partial charge in [0.15, 0.2) is 0 Å². The number of aromatic hydroxyl groups is 2. The fourth-order valence-electron chi connectivity index (χ4n) is 8.27. The van der Waals surface area contributed by atoms with E-state index in [1.54, 1.807) is 0 Å². The lowest BCUT2D eigenvalue weighted by atomic mass is 9.72. The lowest BCUT2D eigenvalue weighted by Crippen LogP contribution is -2.18. The van der Waals surface area contributed by atoms with Gasteiger partial charge in [0.25, 0.3) is 0 Å². The predicted molar refractivity (Wildman–Crippen MR) is 178 cm³/mol. The second kappa shape index (κ2) is 13.4. The van der Waals surface area contributed by atoms with E-state index >= 15 is 0 Å². The Morgan fingerprint density at radius 2 is 0.884 bits per heavy atom. The van der Waals surface area contributed by atoms with Crippen LogP contribution in [0.5, 0.6) is 11.5 Å². The molecule has 4 aromatic rings. The summed E-state index contributed by atoms with van der Waals surface area (Å²) in [6.07, 6.45) is 10.3. The van der Waals surface area contributed by atoms with Crippen LogP contribution in [0, 0.1) is 11.8 Å². The third-order valence-corrected chi connectivity index (χ3v) is 11.0. The molecule has 2 unspecified atom stereocenters.